The van der Waals surface area contributed by atoms with Crippen LogP contribution in [0.1, 0.15) is 18.1 Å². The van der Waals surface area contributed by atoms with Crippen molar-refractivity contribution in [2.75, 3.05) is 6.61 Å². The number of carboxylic acids is 1. The molecule has 1 heterocycles. The summed E-state index contributed by atoms with van der Waals surface area (Å²) in [7, 11) is 0. The van der Waals surface area contributed by atoms with E-state index in [0.29, 0.717) is 24.5 Å². The summed E-state index contributed by atoms with van der Waals surface area (Å²) in [6.07, 6.45) is 0.931. The molecule has 0 aliphatic heterocycles. The van der Waals surface area contributed by atoms with E-state index in [-0.39, 0.29) is 6.42 Å². The summed E-state index contributed by atoms with van der Waals surface area (Å²) >= 11 is 0. The number of hydrogen-bond donors (Lipinski definition) is 1. The molecule has 0 saturated heterocycles. The Bertz CT molecular complexity index is 838. The van der Waals surface area contributed by atoms with Gasteiger partial charge in [0.05, 0.1) is 11.6 Å². The number of aliphatic carboxylic acids is 1. The number of hydrogen-bond acceptors (Lipinski definition) is 4. The molecular weight excluding hydrogens is 320 g/mol. The van der Waals surface area contributed by atoms with Crippen LogP contribution in [0.5, 0.6) is 5.75 Å². The summed E-state index contributed by atoms with van der Waals surface area (Å²) in [4.78, 5) is 11.3. The number of ether oxygens (including phenoxy) is 2. The molecule has 1 unspecified atom stereocenters. The average Bonchev–Trinajstić information content (AvgIpc) is 3.11. The summed E-state index contributed by atoms with van der Waals surface area (Å²) < 4.78 is 16.8. The minimum Gasteiger partial charge on any atom is -0.488 e. The lowest BCUT2D eigenvalue weighted by molar-refractivity contribution is -0.149. The largest absolute Gasteiger partial charge is 0.488 e. The Morgan fingerprint density at radius 3 is 2.68 bits per heavy atom. The molecule has 3 aromatic rings. The van der Waals surface area contributed by atoms with E-state index in [4.69, 9.17) is 13.9 Å². The van der Waals surface area contributed by atoms with Gasteiger partial charge in [-0.05, 0) is 30.2 Å². The first-order chi connectivity index (χ1) is 12.2. The molecule has 130 valence electrons. The Kier molecular flexibility index (Phi) is 5.36. The molecule has 0 spiro atoms. The summed E-state index contributed by atoms with van der Waals surface area (Å²) in [5, 5.41) is 10.1. The molecule has 1 atom stereocenters. The van der Waals surface area contributed by atoms with Gasteiger partial charge in [-0.1, -0.05) is 36.4 Å². The van der Waals surface area contributed by atoms with Gasteiger partial charge in [0.2, 0.25) is 0 Å². The summed E-state index contributed by atoms with van der Waals surface area (Å²) in [6.45, 7) is 2.58. The van der Waals surface area contributed by atoms with Crippen molar-refractivity contribution in [3.05, 3.63) is 65.9 Å². The van der Waals surface area contributed by atoms with Gasteiger partial charge in [-0.15, -0.1) is 0 Å². The SMILES string of the molecule is CCOC(Cc1ccc(OCc2ccccc2)c2ccoc12)C(=O)O. The first-order valence-electron chi connectivity index (χ1n) is 8.19. The van der Waals surface area contributed by atoms with Crippen LogP contribution >= 0.6 is 0 Å². The second-order valence-electron chi connectivity index (χ2n) is 5.65. The van der Waals surface area contributed by atoms with Gasteiger partial charge in [0.1, 0.15) is 17.9 Å². The van der Waals surface area contributed by atoms with Crippen molar-refractivity contribution < 1.29 is 23.8 Å². The predicted molar refractivity (Wildman–Crippen MR) is 93.7 cm³/mol. The molecule has 0 aliphatic rings. The fraction of sp³-hybridized carbons (Fsp3) is 0.250. The molecule has 5 nitrogen and oxygen atoms in total. The van der Waals surface area contributed by atoms with E-state index in [0.717, 1.165) is 16.5 Å². The minimum atomic E-state index is -0.981. The Balaban J connectivity index is 1.81. The molecule has 25 heavy (non-hydrogen) atoms. The molecule has 5 heteroatoms. The zero-order valence-corrected chi connectivity index (χ0v) is 14.0. The van der Waals surface area contributed by atoms with Crippen LogP contribution in [0.25, 0.3) is 11.0 Å². The number of benzene rings is 2. The molecule has 2 aromatic carbocycles. The quantitative estimate of drug-likeness (QED) is 0.670. The molecule has 1 N–H and O–H groups in total. The van der Waals surface area contributed by atoms with Gasteiger partial charge in [-0.25, -0.2) is 4.79 Å². The lowest BCUT2D eigenvalue weighted by Crippen LogP contribution is -2.26. The van der Waals surface area contributed by atoms with Gasteiger partial charge < -0.3 is 19.0 Å². The van der Waals surface area contributed by atoms with Crippen molar-refractivity contribution in [2.24, 2.45) is 0 Å². The van der Waals surface area contributed by atoms with Crippen LogP contribution in [0.3, 0.4) is 0 Å². The zero-order valence-electron chi connectivity index (χ0n) is 14.0. The smallest absolute Gasteiger partial charge is 0.333 e. The zero-order chi connectivity index (χ0) is 17.6. The first kappa shape index (κ1) is 17.0. The minimum absolute atomic E-state index is 0.242. The van der Waals surface area contributed by atoms with Gasteiger partial charge in [-0.3, -0.25) is 0 Å². The van der Waals surface area contributed by atoms with Crippen LogP contribution in [-0.2, 0) is 22.6 Å². The van der Waals surface area contributed by atoms with Gasteiger partial charge in [0.15, 0.2) is 6.10 Å². The molecule has 3 rings (SSSR count). The highest BCUT2D eigenvalue weighted by molar-refractivity contribution is 5.87. The van der Waals surface area contributed by atoms with E-state index in [9.17, 15) is 9.90 Å². The lowest BCUT2D eigenvalue weighted by atomic mass is 10.0. The van der Waals surface area contributed by atoms with Crippen molar-refractivity contribution in [1.29, 1.82) is 0 Å². The van der Waals surface area contributed by atoms with Crippen molar-refractivity contribution in [3.63, 3.8) is 0 Å². The van der Waals surface area contributed by atoms with E-state index in [2.05, 4.69) is 0 Å². The van der Waals surface area contributed by atoms with Crippen LogP contribution in [0.4, 0.5) is 0 Å². The van der Waals surface area contributed by atoms with Gasteiger partial charge in [0, 0.05) is 13.0 Å². The van der Waals surface area contributed by atoms with E-state index >= 15 is 0 Å². The summed E-state index contributed by atoms with van der Waals surface area (Å²) in [5.74, 6) is -0.273. The van der Waals surface area contributed by atoms with Crippen LogP contribution in [0.2, 0.25) is 0 Å². The molecule has 1 aromatic heterocycles. The monoisotopic (exact) mass is 340 g/mol. The van der Waals surface area contributed by atoms with Crippen LogP contribution in [0, 0.1) is 0 Å². The summed E-state index contributed by atoms with van der Waals surface area (Å²) in [6, 6.07) is 15.4. The fourth-order valence-corrected chi connectivity index (χ4v) is 2.73. The molecule has 0 radical (unpaired) electrons. The van der Waals surface area contributed by atoms with E-state index in [1.807, 2.05) is 48.5 Å². The van der Waals surface area contributed by atoms with E-state index in [1.54, 1.807) is 13.2 Å². The van der Waals surface area contributed by atoms with Crippen LogP contribution in [-0.4, -0.2) is 23.8 Å². The third-order valence-electron chi connectivity index (χ3n) is 3.94. The molecular formula is C20H20O5. The van der Waals surface area contributed by atoms with E-state index < -0.39 is 12.1 Å². The highest BCUT2D eigenvalue weighted by Gasteiger charge is 2.21. The molecule has 0 bridgehead atoms. The van der Waals surface area contributed by atoms with Crippen molar-refractivity contribution in [1.82, 2.24) is 0 Å². The normalized spacial score (nSPS) is 12.2. The highest BCUT2D eigenvalue weighted by Crippen LogP contribution is 2.31. The van der Waals surface area contributed by atoms with Crippen LogP contribution in [0.15, 0.2) is 59.2 Å². The Morgan fingerprint density at radius 2 is 1.96 bits per heavy atom. The van der Waals surface area contributed by atoms with Gasteiger partial charge in [0.25, 0.3) is 0 Å². The topological polar surface area (TPSA) is 68.9 Å². The van der Waals surface area contributed by atoms with Crippen LogP contribution < -0.4 is 4.74 Å². The molecule has 0 saturated carbocycles. The molecule has 0 fully saturated rings. The maximum absolute atomic E-state index is 11.3. The van der Waals surface area contributed by atoms with E-state index in [1.165, 1.54) is 0 Å². The lowest BCUT2D eigenvalue weighted by Gasteiger charge is -2.14. The number of furan rings is 1. The Labute approximate surface area is 145 Å². The number of carbonyl (C=O) groups is 1. The average molecular weight is 340 g/mol. The summed E-state index contributed by atoms with van der Waals surface area (Å²) in [5.41, 5.74) is 2.50. The molecule has 0 amide bonds. The van der Waals surface area contributed by atoms with Crippen molar-refractivity contribution >= 4 is 16.9 Å². The van der Waals surface area contributed by atoms with Crippen molar-refractivity contribution in [3.8, 4) is 5.75 Å². The molecule has 0 aliphatic carbocycles. The first-order valence-corrected chi connectivity index (χ1v) is 8.19. The third-order valence-corrected chi connectivity index (χ3v) is 3.94. The fourth-order valence-electron chi connectivity index (χ4n) is 2.73. The highest BCUT2D eigenvalue weighted by atomic mass is 16.5. The van der Waals surface area contributed by atoms with Crippen molar-refractivity contribution in [2.45, 2.75) is 26.1 Å². The number of rotatable bonds is 8. The van der Waals surface area contributed by atoms with Gasteiger partial charge in [-0.2, -0.15) is 0 Å². The Morgan fingerprint density at radius 1 is 1.16 bits per heavy atom. The maximum Gasteiger partial charge on any atom is 0.333 e. The number of carboxylic acid groups (broad SMARTS) is 1. The second kappa shape index (κ2) is 7.85. The second-order valence-corrected chi connectivity index (χ2v) is 5.65. The number of fused-ring (bicyclic) bond motifs is 1. The predicted octanol–water partition coefficient (Wildman–Crippen LogP) is 4.04. The third kappa shape index (κ3) is 4.00. The standard InChI is InChI=1S/C20H20O5/c1-2-23-18(20(21)22)12-15-8-9-17(16-10-11-24-19(15)16)25-13-14-6-4-3-5-7-14/h3-11,18H,2,12-13H2,1H3,(H,21,22). The van der Waals surface area contributed by atoms with Gasteiger partial charge >= 0.3 is 5.97 Å². The maximum atomic E-state index is 11.3. The Hall–Kier alpha value is -2.79.